The molecule has 7 heteroatoms. The molecule has 0 radical (unpaired) electrons. The van der Waals surface area contributed by atoms with Gasteiger partial charge in [0.05, 0.1) is 5.92 Å². The lowest BCUT2D eigenvalue weighted by Crippen LogP contribution is -2.49. The van der Waals surface area contributed by atoms with Gasteiger partial charge in [-0.2, -0.15) is 0 Å². The molecule has 182 valence electrons. The second-order valence-corrected chi connectivity index (χ2v) is 9.97. The molecule has 1 heterocycles. The number of aliphatic carboxylic acids is 1. The lowest BCUT2D eigenvalue weighted by Gasteiger charge is -2.25. The van der Waals surface area contributed by atoms with Crippen molar-refractivity contribution in [1.29, 1.82) is 0 Å². The number of ether oxygens (including phenoxy) is 1. The van der Waals surface area contributed by atoms with E-state index in [0.717, 1.165) is 27.8 Å². The van der Waals surface area contributed by atoms with E-state index in [-0.39, 0.29) is 36.2 Å². The van der Waals surface area contributed by atoms with E-state index in [9.17, 15) is 19.5 Å². The first-order chi connectivity index (χ1) is 16.8. The van der Waals surface area contributed by atoms with Crippen molar-refractivity contribution >= 4 is 18.0 Å². The first-order valence-corrected chi connectivity index (χ1v) is 12.1. The molecular formula is C28H30N2O5. The number of allylic oxidation sites excluding steroid dienone is 1. The van der Waals surface area contributed by atoms with Crippen molar-refractivity contribution in [3.63, 3.8) is 0 Å². The van der Waals surface area contributed by atoms with Gasteiger partial charge < -0.3 is 20.1 Å². The first kappa shape index (κ1) is 23.1. The Kier molecular flexibility index (Phi) is 6.09. The van der Waals surface area contributed by atoms with Crippen LogP contribution < -0.4 is 5.32 Å². The Morgan fingerprint density at radius 1 is 1.03 bits per heavy atom. The Morgan fingerprint density at radius 3 is 2.14 bits per heavy atom. The number of piperidine rings is 1. The second-order valence-electron chi connectivity index (χ2n) is 9.97. The van der Waals surface area contributed by atoms with Crippen molar-refractivity contribution < 1.29 is 24.2 Å². The average Bonchev–Trinajstić information content (AvgIpc) is 3.19. The maximum absolute atomic E-state index is 13.2. The van der Waals surface area contributed by atoms with Gasteiger partial charge in [0, 0.05) is 19.0 Å². The number of carbonyl (C=O) groups is 3. The molecule has 2 aliphatic carbocycles. The second kappa shape index (κ2) is 9.21. The maximum Gasteiger partial charge on any atom is 0.407 e. The van der Waals surface area contributed by atoms with E-state index in [4.69, 9.17) is 4.74 Å². The number of hydrogen-bond donors (Lipinski definition) is 2. The molecular weight excluding hydrogens is 444 g/mol. The standard InChI is InChI=1S/C28H30N2O5/c1-16(2)11-12-24(26(31)30-13-21-22(14-30)25(21)27(32)33)29-28(34)35-15-23-19-9-5-3-7-17(19)18-8-4-6-10-20(18)23/h3-11,21-25H,12-15H2,1-2H3,(H,29,34)(H,32,33)/t21-,22+,24?,25?. The van der Waals surface area contributed by atoms with Gasteiger partial charge in [-0.1, -0.05) is 60.2 Å². The van der Waals surface area contributed by atoms with E-state index in [2.05, 4.69) is 29.6 Å². The fourth-order valence-corrected chi connectivity index (χ4v) is 5.65. The number of alkyl carbamates (subject to hydrolysis) is 1. The highest BCUT2D eigenvalue weighted by Gasteiger charge is 2.60. The van der Waals surface area contributed by atoms with Gasteiger partial charge in [-0.25, -0.2) is 4.79 Å². The van der Waals surface area contributed by atoms with Crippen LogP contribution in [0, 0.1) is 17.8 Å². The predicted molar refractivity (Wildman–Crippen MR) is 131 cm³/mol. The average molecular weight is 475 g/mol. The number of carboxylic acids is 1. The molecule has 2 fully saturated rings. The number of carboxylic acid groups (broad SMARTS) is 1. The molecule has 2 aromatic carbocycles. The van der Waals surface area contributed by atoms with Crippen molar-refractivity contribution in [1.82, 2.24) is 10.2 Å². The first-order valence-electron chi connectivity index (χ1n) is 12.1. The predicted octanol–water partition coefficient (Wildman–Crippen LogP) is 4.04. The lowest BCUT2D eigenvalue weighted by atomic mass is 9.98. The maximum atomic E-state index is 13.2. The van der Waals surface area contributed by atoms with E-state index in [1.807, 2.05) is 44.2 Å². The summed E-state index contributed by atoms with van der Waals surface area (Å²) in [4.78, 5) is 39.0. The molecule has 2 N–H and O–H groups in total. The van der Waals surface area contributed by atoms with Crippen molar-refractivity contribution in [3.8, 4) is 11.1 Å². The zero-order valence-corrected chi connectivity index (χ0v) is 19.9. The Bertz CT molecular complexity index is 1140. The van der Waals surface area contributed by atoms with Gasteiger partial charge in [-0.15, -0.1) is 0 Å². The number of fused-ring (bicyclic) bond motifs is 4. The third kappa shape index (κ3) is 4.43. The SMILES string of the molecule is CC(C)=CCC(NC(=O)OCC1c2ccccc2-c2ccccc21)C(=O)N1C[C@@H]2C(C(=O)O)[C@@H]2C1. The number of carbonyl (C=O) groups excluding carboxylic acids is 2. The summed E-state index contributed by atoms with van der Waals surface area (Å²) in [6.07, 6.45) is 1.66. The summed E-state index contributed by atoms with van der Waals surface area (Å²) >= 11 is 0. The molecule has 2 unspecified atom stereocenters. The summed E-state index contributed by atoms with van der Waals surface area (Å²) in [5.41, 5.74) is 5.61. The van der Waals surface area contributed by atoms with Crippen molar-refractivity contribution in [3.05, 3.63) is 71.3 Å². The minimum absolute atomic E-state index is 0.0232. The van der Waals surface area contributed by atoms with Gasteiger partial charge in [0.1, 0.15) is 12.6 Å². The highest BCUT2D eigenvalue weighted by molar-refractivity contribution is 5.87. The van der Waals surface area contributed by atoms with Crippen molar-refractivity contribution in [2.24, 2.45) is 17.8 Å². The van der Waals surface area contributed by atoms with Gasteiger partial charge >= 0.3 is 12.1 Å². The molecule has 0 bridgehead atoms. The van der Waals surface area contributed by atoms with Crippen LogP contribution in [0.5, 0.6) is 0 Å². The summed E-state index contributed by atoms with van der Waals surface area (Å²) in [6, 6.07) is 15.5. The van der Waals surface area contributed by atoms with Crippen LogP contribution in [0.1, 0.15) is 37.3 Å². The Balaban J connectivity index is 1.23. The molecule has 3 aliphatic rings. The Hall–Kier alpha value is -3.61. The van der Waals surface area contributed by atoms with Gasteiger partial charge in [0.25, 0.3) is 0 Å². The summed E-state index contributed by atoms with van der Waals surface area (Å²) in [5, 5.41) is 12.0. The van der Waals surface area contributed by atoms with E-state index in [1.165, 1.54) is 0 Å². The molecule has 2 amide bonds. The minimum Gasteiger partial charge on any atom is -0.481 e. The number of rotatable bonds is 7. The van der Waals surface area contributed by atoms with Crippen molar-refractivity contribution in [2.75, 3.05) is 19.7 Å². The third-order valence-corrected chi connectivity index (χ3v) is 7.49. The third-order valence-electron chi connectivity index (χ3n) is 7.49. The van der Waals surface area contributed by atoms with Crippen LogP contribution in [0.15, 0.2) is 60.2 Å². The topological polar surface area (TPSA) is 95.9 Å². The quantitative estimate of drug-likeness (QED) is 0.591. The van der Waals surface area contributed by atoms with Gasteiger partial charge in [0.15, 0.2) is 0 Å². The highest BCUT2D eigenvalue weighted by atomic mass is 16.5. The van der Waals surface area contributed by atoms with Crippen molar-refractivity contribution in [2.45, 2.75) is 32.2 Å². The Morgan fingerprint density at radius 2 is 1.60 bits per heavy atom. The summed E-state index contributed by atoms with van der Waals surface area (Å²) in [5.74, 6) is -1.33. The van der Waals surface area contributed by atoms with Crippen LogP contribution in [0.2, 0.25) is 0 Å². The van der Waals surface area contributed by atoms with E-state index in [0.29, 0.717) is 19.5 Å². The van der Waals surface area contributed by atoms with Gasteiger partial charge in [-0.05, 0) is 54.4 Å². The van der Waals surface area contributed by atoms with Crippen LogP contribution in [0.25, 0.3) is 11.1 Å². The highest BCUT2D eigenvalue weighted by Crippen LogP contribution is 2.52. The number of hydrogen-bond acceptors (Lipinski definition) is 4. The van der Waals surface area contributed by atoms with Crippen LogP contribution in [0.3, 0.4) is 0 Å². The number of nitrogens with one attached hydrogen (secondary N) is 1. The number of amides is 2. The van der Waals surface area contributed by atoms with Gasteiger partial charge in [-0.3, -0.25) is 9.59 Å². The molecule has 1 saturated heterocycles. The normalized spacial score (nSPS) is 22.5. The largest absolute Gasteiger partial charge is 0.481 e. The molecule has 1 aliphatic heterocycles. The number of benzene rings is 2. The van der Waals surface area contributed by atoms with E-state index in [1.54, 1.807) is 4.90 Å². The van der Waals surface area contributed by atoms with Crippen LogP contribution >= 0.6 is 0 Å². The Labute approximate surface area is 204 Å². The lowest BCUT2D eigenvalue weighted by molar-refractivity contribution is -0.141. The minimum atomic E-state index is -0.787. The molecule has 7 nitrogen and oxygen atoms in total. The molecule has 0 spiro atoms. The smallest absolute Gasteiger partial charge is 0.407 e. The summed E-state index contributed by atoms with van der Waals surface area (Å²) in [7, 11) is 0. The molecule has 5 rings (SSSR count). The molecule has 1 saturated carbocycles. The van der Waals surface area contributed by atoms with Crippen LogP contribution in [0.4, 0.5) is 4.79 Å². The zero-order chi connectivity index (χ0) is 24.7. The fraction of sp³-hybridized carbons (Fsp3) is 0.393. The molecule has 0 aromatic heterocycles. The van der Waals surface area contributed by atoms with E-state index >= 15 is 0 Å². The molecule has 2 aromatic rings. The molecule has 4 atom stereocenters. The number of nitrogens with zero attached hydrogens (tertiary/aromatic N) is 1. The summed E-state index contributed by atoms with van der Waals surface area (Å²) in [6.45, 7) is 4.92. The van der Waals surface area contributed by atoms with Crippen LogP contribution in [-0.2, 0) is 14.3 Å². The zero-order valence-electron chi connectivity index (χ0n) is 19.9. The summed E-state index contributed by atoms with van der Waals surface area (Å²) < 4.78 is 5.65. The fourth-order valence-electron chi connectivity index (χ4n) is 5.65. The monoisotopic (exact) mass is 474 g/mol. The number of likely N-dealkylation sites (tertiary alicyclic amines) is 1. The molecule has 35 heavy (non-hydrogen) atoms. The van der Waals surface area contributed by atoms with Crippen LogP contribution in [-0.4, -0.2) is 53.7 Å². The van der Waals surface area contributed by atoms with E-state index < -0.39 is 18.1 Å². The van der Waals surface area contributed by atoms with Gasteiger partial charge in [0.2, 0.25) is 5.91 Å².